The van der Waals surface area contributed by atoms with Gasteiger partial charge in [0.25, 0.3) is 0 Å². The van der Waals surface area contributed by atoms with Crippen LogP contribution in [0.25, 0.3) is 0 Å². The van der Waals surface area contributed by atoms with E-state index in [-0.39, 0.29) is 5.41 Å². The van der Waals surface area contributed by atoms with E-state index in [0.717, 1.165) is 37.2 Å². The number of rotatable bonds is 6. The highest BCUT2D eigenvalue weighted by Crippen LogP contribution is 2.30. The molecule has 1 saturated heterocycles. The molecule has 0 atom stereocenters. The van der Waals surface area contributed by atoms with Gasteiger partial charge in [-0.05, 0) is 63.5 Å². The first-order chi connectivity index (χ1) is 9.85. The average Bonchev–Trinajstić information content (AvgIpc) is 2.91. The van der Waals surface area contributed by atoms with Crippen LogP contribution in [0.1, 0.15) is 24.6 Å². The second kappa shape index (κ2) is 6.75. The van der Waals surface area contributed by atoms with Crippen LogP contribution in [0.15, 0.2) is 16.3 Å². The summed E-state index contributed by atoms with van der Waals surface area (Å²) in [6.07, 6.45) is 2.77. The molecular weight excluding hydrogens is 306 g/mol. The van der Waals surface area contributed by atoms with Crippen LogP contribution in [-0.2, 0) is 16.4 Å². The molecule has 7 heteroatoms. The fourth-order valence-electron chi connectivity index (χ4n) is 2.45. The molecular formula is C14H25N3O2S2. The van der Waals surface area contributed by atoms with Crippen molar-refractivity contribution in [2.75, 3.05) is 33.2 Å². The molecule has 2 rings (SSSR count). The van der Waals surface area contributed by atoms with E-state index in [0.29, 0.717) is 17.3 Å². The number of likely N-dealkylation sites (tertiary alicyclic amines) is 1. The summed E-state index contributed by atoms with van der Waals surface area (Å²) >= 11 is 1.31. The first-order valence-corrected chi connectivity index (χ1v) is 9.62. The number of sulfonamides is 1. The molecule has 3 N–H and O–H groups in total. The molecule has 1 aromatic rings. The quantitative estimate of drug-likeness (QED) is 0.823. The molecule has 0 aromatic carbocycles. The molecule has 2 heterocycles. The highest BCUT2D eigenvalue weighted by atomic mass is 32.2. The standard InChI is InChI=1S/C14H25N3O2S2/c1-14(6-9-17(2)10-7-14)11-16-21(18,19)13-4-3-12(20-13)5-8-15/h3-4,16H,5-11,15H2,1-2H3. The zero-order valence-corrected chi connectivity index (χ0v) is 14.4. The minimum atomic E-state index is -3.39. The van der Waals surface area contributed by atoms with Crippen LogP contribution < -0.4 is 10.5 Å². The van der Waals surface area contributed by atoms with Crippen LogP contribution in [0, 0.1) is 5.41 Å². The lowest BCUT2D eigenvalue weighted by molar-refractivity contribution is 0.143. The maximum atomic E-state index is 12.4. The van der Waals surface area contributed by atoms with Crippen molar-refractivity contribution in [3.63, 3.8) is 0 Å². The highest BCUT2D eigenvalue weighted by molar-refractivity contribution is 7.91. The van der Waals surface area contributed by atoms with E-state index >= 15 is 0 Å². The summed E-state index contributed by atoms with van der Waals surface area (Å²) in [5, 5.41) is 0. The van der Waals surface area contributed by atoms with E-state index in [4.69, 9.17) is 5.73 Å². The lowest BCUT2D eigenvalue weighted by Gasteiger charge is -2.37. The maximum Gasteiger partial charge on any atom is 0.250 e. The molecule has 1 aliphatic rings. The predicted octanol–water partition coefficient (Wildman–Crippen LogP) is 1.26. The first kappa shape index (κ1) is 16.9. The number of thiophene rings is 1. The zero-order valence-electron chi connectivity index (χ0n) is 12.8. The molecule has 1 fully saturated rings. The molecule has 0 spiro atoms. The van der Waals surface area contributed by atoms with Gasteiger partial charge in [0.05, 0.1) is 0 Å². The topological polar surface area (TPSA) is 75.4 Å². The van der Waals surface area contributed by atoms with Crippen molar-refractivity contribution in [3.05, 3.63) is 17.0 Å². The van der Waals surface area contributed by atoms with Gasteiger partial charge in [-0.3, -0.25) is 0 Å². The minimum absolute atomic E-state index is 0.0525. The van der Waals surface area contributed by atoms with Crippen molar-refractivity contribution in [3.8, 4) is 0 Å². The van der Waals surface area contributed by atoms with Crippen LogP contribution >= 0.6 is 11.3 Å². The molecule has 120 valence electrons. The zero-order chi connectivity index (χ0) is 15.5. The summed E-state index contributed by atoms with van der Waals surface area (Å²) in [6.45, 7) is 5.26. The van der Waals surface area contributed by atoms with E-state index in [1.165, 1.54) is 11.3 Å². The number of hydrogen-bond donors (Lipinski definition) is 2. The Labute approximate surface area is 131 Å². The molecule has 0 bridgehead atoms. The maximum absolute atomic E-state index is 12.4. The summed E-state index contributed by atoms with van der Waals surface area (Å²) in [5.74, 6) is 0. The Bertz CT molecular complexity index is 561. The Morgan fingerprint density at radius 2 is 2.05 bits per heavy atom. The second-order valence-electron chi connectivity index (χ2n) is 6.20. The summed E-state index contributed by atoms with van der Waals surface area (Å²) in [7, 11) is -1.29. The Balaban J connectivity index is 1.97. The third-order valence-corrected chi connectivity index (χ3v) is 7.21. The number of hydrogen-bond acceptors (Lipinski definition) is 5. The normalized spacial score (nSPS) is 19.8. The number of piperidine rings is 1. The van der Waals surface area contributed by atoms with E-state index in [2.05, 4.69) is 23.6 Å². The van der Waals surface area contributed by atoms with Crippen molar-refractivity contribution in [1.29, 1.82) is 0 Å². The smallest absolute Gasteiger partial charge is 0.250 e. The SMILES string of the molecule is CN1CCC(C)(CNS(=O)(=O)c2ccc(CCN)s2)CC1. The third kappa shape index (κ3) is 4.50. The van der Waals surface area contributed by atoms with E-state index in [9.17, 15) is 8.42 Å². The monoisotopic (exact) mass is 331 g/mol. The predicted molar refractivity (Wildman–Crippen MR) is 87.1 cm³/mol. The van der Waals surface area contributed by atoms with Gasteiger partial charge in [-0.25, -0.2) is 13.1 Å². The fourth-order valence-corrected chi connectivity index (χ4v) is 5.07. The van der Waals surface area contributed by atoms with Crippen molar-refractivity contribution in [1.82, 2.24) is 9.62 Å². The van der Waals surface area contributed by atoms with E-state index in [1.54, 1.807) is 6.07 Å². The molecule has 0 radical (unpaired) electrons. The summed E-state index contributed by atoms with van der Waals surface area (Å²) in [6, 6.07) is 3.53. The summed E-state index contributed by atoms with van der Waals surface area (Å²) < 4.78 is 27.9. The minimum Gasteiger partial charge on any atom is -0.330 e. The summed E-state index contributed by atoms with van der Waals surface area (Å²) in [5.41, 5.74) is 5.55. The van der Waals surface area contributed by atoms with E-state index in [1.807, 2.05) is 6.07 Å². The molecule has 5 nitrogen and oxygen atoms in total. The molecule has 1 aromatic heterocycles. The third-order valence-electron chi connectivity index (χ3n) is 4.18. The van der Waals surface area contributed by atoms with Gasteiger partial charge in [-0.15, -0.1) is 11.3 Å². The Morgan fingerprint density at radius 1 is 1.38 bits per heavy atom. The van der Waals surface area contributed by atoms with Gasteiger partial charge in [0, 0.05) is 11.4 Å². The van der Waals surface area contributed by atoms with E-state index < -0.39 is 10.0 Å². The molecule has 0 aliphatic carbocycles. The Hall–Kier alpha value is -0.470. The van der Waals surface area contributed by atoms with Gasteiger partial charge in [0.1, 0.15) is 4.21 Å². The van der Waals surface area contributed by atoms with Crippen LogP contribution in [0.3, 0.4) is 0 Å². The van der Waals surface area contributed by atoms with Crippen LogP contribution in [0.5, 0.6) is 0 Å². The molecule has 1 aliphatic heterocycles. The summed E-state index contributed by atoms with van der Waals surface area (Å²) in [4.78, 5) is 3.30. The lowest BCUT2D eigenvalue weighted by Crippen LogP contribution is -2.43. The van der Waals surface area contributed by atoms with Gasteiger partial charge < -0.3 is 10.6 Å². The molecule has 0 unspecified atom stereocenters. The van der Waals surface area contributed by atoms with Crippen LogP contribution in [0.4, 0.5) is 0 Å². The van der Waals surface area contributed by atoms with Crippen LogP contribution in [0.2, 0.25) is 0 Å². The van der Waals surface area contributed by atoms with Gasteiger partial charge in [0.2, 0.25) is 10.0 Å². The van der Waals surface area contributed by atoms with Crippen molar-refractivity contribution < 1.29 is 8.42 Å². The molecule has 0 amide bonds. The number of nitrogens with zero attached hydrogens (tertiary/aromatic N) is 1. The van der Waals surface area contributed by atoms with Crippen molar-refractivity contribution in [2.24, 2.45) is 11.1 Å². The van der Waals surface area contributed by atoms with Gasteiger partial charge in [-0.2, -0.15) is 0 Å². The largest absolute Gasteiger partial charge is 0.330 e. The number of nitrogens with one attached hydrogen (secondary N) is 1. The molecule has 21 heavy (non-hydrogen) atoms. The van der Waals surface area contributed by atoms with Gasteiger partial charge in [0.15, 0.2) is 0 Å². The first-order valence-electron chi connectivity index (χ1n) is 7.32. The van der Waals surface area contributed by atoms with Gasteiger partial charge >= 0.3 is 0 Å². The van der Waals surface area contributed by atoms with Crippen molar-refractivity contribution >= 4 is 21.4 Å². The Kier molecular flexibility index (Phi) is 5.43. The highest BCUT2D eigenvalue weighted by Gasteiger charge is 2.30. The van der Waals surface area contributed by atoms with Crippen LogP contribution in [-0.4, -0.2) is 46.5 Å². The fraction of sp³-hybridized carbons (Fsp3) is 0.714. The Morgan fingerprint density at radius 3 is 2.67 bits per heavy atom. The molecule has 0 saturated carbocycles. The second-order valence-corrected chi connectivity index (χ2v) is 9.36. The van der Waals surface area contributed by atoms with Gasteiger partial charge in [-0.1, -0.05) is 6.92 Å². The lowest BCUT2D eigenvalue weighted by atomic mass is 9.81. The average molecular weight is 332 g/mol. The number of nitrogens with two attached hydrogens (primary N) is 1. The van der Waals surface area contributed by atoms with Crippen molar-refractivity contribution in [2.45, 2.75) is 30.4 Å².